The molecule has 6 heteroatoms. The molecule has 0 aliphatic carbocycles. The van der Waals surface area contributed by atoms with Gasteiger partial charge in [0.25, 0.3) is 5.91 Å². The van der Waals surface area contributed by atoms with Crippen LogP contribution in [0.2, 0.25) is 0 Å². The van der Waals surface area contributed by atoms with Crippen molar-refractivity contribution in [3.8, 4) is 0 Å². The van der Waals surface area contributed by atoms with Gasteiger partial charge in [-0.1, -0.05) is 0 Å². The average molecular weight is 265 g/mol. The fourth-order valence-electron chi connectivity index (χ4n) is 1.63. The highest BCUT2D eigenvalue weighted by molar-refractivity contribution is 5.96. The van der Waals surface area contributed by atoms with Gasteiger partial charge in [-0.2, -0.15) is 0 Å². The number of carbonyl (C=O) groups is 2. The Morgan fingerprint density at radius 3 is 2.53 bits per heavy atom. The van der Waals surface area contributed by atoms with E-state index in [1.807, 2.05) is 19.0 Å². The van der Waals surface area contributed by atoms with Gasteiger partial charge in [-0.3, -0.25) is 4.79 Å². The number of pyridine rings is 1. The Kier molecular flexibility index (Phi) is 5.44. The van der Waals surface area contributed by atoms with Crippen LogP contribution in [0, 0.1) is 0 Å². The lowest BCUT2D eigenvalue weighted by atomic mass is 10.2. The number of carboxylic acid groups (broad SMARTS) is 1. The third-order valence-electron chi connectivity index (χ3n) is 2.67. The summed E-state index contributed by atoms with van der Waals surface area (Å²) in [5.74, 6) is -1.33. The summed E-state index contributed by atoms with van der Waals surface area (Å²) in [6.07, 6.45) is 2.20. The quantitative estimate of drug-likeness (QED) is 0.823. The van der Waals surface area contributed by atoms with Crippen LogP contribution in [0.5, 0.6) is 0 Å². The van der Waals surface area contributed by atoms with Gasteiger partial charge in [-0.25, -0.2) is 9.78 Å². The molecule has 1 N–H and O–H groups in total. The number of hydrogen-bond donors (Lipinski definition) is 1. The van der Waals surface area contributed by atoms with Crippen molar-refractivity contribution in [2.45, 2.75) is 6.42 Å². The number of amides is 1. The molecule has 0 spiro atoms. The lowest BCUT2D eigenvalue weighted by molar-refractivity contribution is 0.0690. The smallest absolute Gasteiger partial charge is 0.354 e. The number of aromatic carboxylic acids is 1. The SMILES string of the molecule is CN(C)CCCN(C)C(=O)c1ccnc(C(=O)O)c1. The van der Waals surface area contributed by atoms with Gasteiger partial charge in [0, 0.05) is 25.4 Å². The fraction of sp³-hybridized carbons (Fsp3) is 0.462. The zero-order valence-electron chi connectivity index (χ0n) is 11.5. The van der Waals surface area contributed by atoms with E-state index in [2.05, 4.69) is 4.98 Å². The standard InChI is InChI=1S/C13H19N3O3/c1-15(2)7-4-8-16(3)12(17)10-5-6-14-11(9-10)13(18)19/h5-6,9H,4,7-8H2,1-3H3,(H,18,19). The number of hydrogen-bond acceptors (Lipinski definition) is 4. The Balaban J connectivity index is 2.66. The molecule has 1 amide bonds. The van der Waals surface area contributed by atoms with Crippen molar-refractivity contribution in [3.63, 3.8) is 0 Å². The van der Waals surface area contributed by atoms with Crippen LogP contribution in [-0.2, 0) is 0 Å². The van der Waals surface area contributed by atoms with E-state index >= 15 is 0 Å². The molecule has 0 radical (unpaired) electrons. The first-order chi connectivity index (χ1) is 8.91. The maximum absolute atomic E-state index is 12.1. The maximum atomic E-state index is 12.1. The van der Waals surface area contributed by atoms with Crippen LogP contribution in [0.3, 0.4) is 0 Å². The van der Waals surface area contributed by atoms with Crippen molar-refractivity contribution in [2.24, 2.45) is 0 Å². The predicted octanol–water partition coefficient (Wildman–Crippen LogP) is 0.803. The molecule has 1 aromatic rings. The summed E-state index contributed by atoms with van der Waals surface area (Å²) in [5, 5.41) is 8.84. The van der Waals surface area contributed by atoms with E-state index < -0.39 is 5.97 Å². The van der Waals surface area contributed by atoms with Gasteiger partial charge in [0.1, 0.15) is 5.69 Å². The van der Waals surface area contributed by atoms with Crippen molar-refractivity contribution >= 4 is 11.9 Å². The molecule has 0 aliphatic rings. The monoisotopic (exact) mass is 265 g/mol. The Labute approximate surface area is 112 Å². The molecule has 1 rings (SSSR count). The normalized spacial score (nSPS) is 10.5. The topological polar surface area (TPSA) is 73.7 Å². The zero-order chi connectivity index (χ0) is 14.4. The van der Waals surface area contributed by atoms with Crippen LogP contribution in [-0.4, -0.2) is 66.0 Å². The van der Waals surface area contributed by atoms with E-state index in [4.69, 9.17) is 5.11 Å². The Morgan fingerprint density at radius 1 is 1.26 bits per heavy atom. The van der Waals surface area contributed by atoms with Gasteiger partial charge in [0.05, 0.1) is 0 Å². The zero-order valence-corrected chi connectivity index (χ0v) is 11.5. The van der Waals surface area contributed by atoms with Crippen LogP contribution >= 0.6 is 0 Å². The molecule has 0 atom stereocenters. The Hall–Kier alpha value is -1.95. The minimum atomic E-state index is -1.13. The first-order valence-electron chi connectivity index (χ1n) is 6.01. The van der Waals surface area contributed by atoms with E-state index in [1.165, 1.54) is 18.3 Å². The Bertz CT molecular complexity index is 460. The molecule has 0 aromatic carbocycles. The predicted molar refractivity (Wildman–Crippen MR) is 71.3 cm³/mol. The number of carbonyl (C=O) groups excluding carboxylic acids is 1. The van der Waals surface area contributed by atoms with Crippen molar-refractivity contribution in [2.75, 3.05) is 34.2 Å². The fourth-order valence-corrected chi connectivity index (χ4v) is 1.63. The minimum Gasteiger partial charge on any atom is -0.477 e. The van der Waals surface area contributed by atoms with E-state index in [1.54, 1.807) is 11.9 Å². The van der Waals surface area contributed by atoms with Crippen molar-refractivity contribution < 1.29 is 14.7 Å². The molecule has 104 valence electrons. The van der Waals surface area contributed by atoms with E-state index in [-0.39, 0.29) is 11.6 Å². The van der Waals surface area contributed by atoms with Gasteiger partial charge in [-0.05, 0) is 39.2 Å². The molecular formula is C13H19N3O3. The summed E-state index contributed by atoms with van der Waals surface area (Å²) in [7, 11) is 5.66. The third kappa shape index (κ3) is 4.67. The Morgan fingerprint density at radius 2 is 1.95 bits per heavy atom. The largest absolute Gasteiger partial charge is 0.477 e. The summed E-state index contributed by atoms with van der Waals surface area (Å²) < 4.78 is 0. The number of carboxylic acids is 1. The summed E-state index contributed by atoms with van der Waals surface area (Å²) in [6, 6.07) is 2.82. The lowest BCUT2D eigenvalue weighted by Gasteiger charge is -2.18. The van der Waals surface area contributed by atoms with Crippen molar-refractivity contribution in [1.82, 2.24) is 14.8 Å². The van der Waals surface area contributed by atoms with Crippen molar-refractivity contribution in [1.29, 1.82) is 0 Å². The molecular weight excluding hydrogens is 246 g/mol. The molecule has 1 heterocycles. The highest BCUT2D eigenvalue weighted by Gasteiger charge is 2.14. The summed E-state index contributed by atoms with van der Waals surface area (Å²) in [5.41, 5.74) is 0.229. The number of aromatic nitrogens is 1. The summed E-state index contributed by atoms with van der Waals surface area (Å²) in [4.78, 5) is 30.2. The molecule has 19 heavy (non-hydrogen) atoms. The second-order valence-corrected chi connectivity index (χ2v) is 4.62. The third-order valence-corrected chi connectivity index (χ3v) is 2.67. The molecule has 0 aliphatic heterocycles. The first kappa shape index (κ1) is 15.1. The number of nitrogens with zero attached hydrogens (tertiary/aromatic N) is 3. The second-order valence-electron chi connectivity index (χ2n) is 4.62. The van der Waals surface area contributed by atoms with Gasteiger partial charge in [-0.15, -0.1) is 0 Å². The van der Waals surface area contributed by atoms with Gasteiger partial charge in [0.2, 0.25) is 0 Å². The van der Waals surface area contributed by atoms with Crippen LogP contribution < -0.4 is 0 Å². The molecule has 1 aromatic heterocycles. The van der Waals surface area contributed by atoms with E-state index in [0.717, 1.165) is 13.0 Å². The molecule has 0 bridgehead atoms. The maximum Gasteiger partial charge on any atom is 0.354 e. The van der Waals surface area contributed by atoms with E-state index in [9.17, 15) is 9.59 Å². The van der Waals surface area contributed by atoms with Crippen LogP contribution in [0.4, 0.5) is 0 Å². The molecule has 0 fully saturated rings. The summed E-state index contributed by atoms with van der Waals surface area (Å²) in [6.45, 7) is 1.52. The number of rotatable bonds is 6. The van der Waals surface area contributed by atoms with Crippen molar-refractivity contribution in [3.05, 3.63) is 29.6 Å². The average Bonchev–Trinajstić information content (AvgIpc) is 2.37. The molecule has 6 nitrogen and oxygen atoms in total. The van der Waals surface area contributed by atoms with Gasteiger partial charge >= 0.3 is 5.97 Å². The summed E-state index contributed by atoms with van der Waals surface area (Å²) >= 11 is 0. The first-order valence-corrected chi connectivity index (χ1v) is 6.01. The minimum absolute atomic E-state index is 0.118. The van der Waals surface area contributed by atoms with Gasteiger partial charge in [0.15, 0.2) is 0 Å². The lowest BCUT2D eigenvalue weighted by Crippen LogP contribution is -2.30. The van der Waals surface area contributed by atoms with Crippen LogP contribution in [0.1, 0.15) is 27.3 Å². The second kappa shape index (κ2) is 6.84. The molecule has 0 saturated carbocycles. The van der Waals surface area contributed by atoms with Crippen LogP contribution in [0.25, 0.3) is 0 Å². The molecule has 0 saturated heterocycles. The van der Waals surface area contributed by atoms with Gasteiger partial charge < -0.3 is 14.9 Å². The molecule has 0 unspecified atom stereocenters. The highest BCUT2D eigenvalue weighted by atomic mass is 16.4. The van der Waals surface area contributed by atoms with E-state index in [0.29, 0.717) is 12.1 Å². The highest BCUT2D eigenvalue weighted by Crippen LogP contribution is 2.06. The van der Waals surface area contributed by atoms with Crippen LogP contribution in [0.15, 0.2) is 18.3 Å².